The van der Waals surface area contributed by atoms with Crippen LogP contribution in [0.1, 0.15) is 11.1 Å². The van der Waals surface area contributed by atoms with E-state index in [2.05, 4.69) is 108 Å². The van der Waals surface area contributed by atoms with E-state index in [0.717, 1.165) is 45.5 Å². The van der Waals surface area contributed by atoms with Crippen LogP contribution in [0, 0.1) is 0 Å². The van der Waals surface area contributed by atoms with Gasteiger partial charge in [-0.05, 0) is 35.0 Å². The van der Waals surface area contributed by atoms with Crippen molar-refractivity contribution in [3.63, 3.8) is 0 Å². The standard InChI is InChI=1S/C28H18N4/c1-5-17-6-2-10-22-25(17)21(9-1)29-27(30-22)19-13-15-20(16-14-19)28-31-23-11-3-7-18-8-4-12-24(32-28)26(18)23/h1-16H,(H,29,30)(H,31,32). The van der Waals surface area contributed by atoms with Gasteiger partial charge in [-0.25, -0.2) is 9.98 Å². The van der Waals surface area contributed by atoms with Crippen LogP contribution in [-0.4, -0.2) is 11.7 Å². The Morgan fingerprint density at radius 2 is 0.844 bits per heavy atom. The van der Waals surface area contributed by atoms with Crippen LogP contribution in [0.4, 0.5) is 22.7 Å². The minimum atomic E-state index is 0.858. The molecular weight excluding hydrogens is 392 g/mol. The number of amidine groups is 2. The lowest BCUT2D eigenvalue weighted by molar-refractivity contribution is 1.44. The predicted octanol–water partition coefficient (Wildman–Crippen LogP) is 7.00. The van der Waals surface area contributed by atoms with Gasteiger partial charge in [0, 0.05) is 33.3 Å². The fourth-order valence-electron chi connectivity index (χ4n) is 4.65. The number of aliphatic imine (C=N–C) groups is 2. The average molecular weight is 410 g/mol. The van der Waals surface area contributed by atoms with Crippen LogP contribution in [0.2, 0.25) is 0 Å². The summed E-state index contributed by atoms with van der Waals surface area (Å²) in [6.07, 6.45) is 0. The SMILES string of the molecule is c1cc2c3c(cccc3c1)NC(c1ccc(C3=Nc4cccc5cccc(c45)N3)cc1)=N2. The summed E-state index contributed by atoms with van der Waals surface area (Å²) in [6.45, 7) is 0. The molecule has 2 heterocycles. The third kappa shape index (κ3) is 2.56. The van der Waals surface area contributed by atoms with Crippen LogP contribution in [-0.2, 0) is 0 Å². The van der Waals surface area contributed by atoms with Crippen LogP contribution >= 0.6 is 0 Å². The maximum atomic E-state index is 4.89. The van der Waals surface area contributed by atoms with E-state index in [9.17, 15) is 0 Å². The molecule has 0 saturated carbocycles. The highest BCUT2D eigenvalue weighted by Gasteiger charge is 2.18. The van der Waals surface area contributed by atoms with Crippen molar-refractivity contribution in [2.75, 3.05) is 10.6 Å². The highest BCUT2D eigenvalue weighted by Crippen LogP contribution is 2.37. The summed E-state index contributed by atoms with van der Waals surface area (Å²) in [6, 6.07) is 33.5. The van der Waals surface area contributed by atoms with Crippen molar-refractivity contribution in [3.05, 3.63) is 108 Å². The van der Waals surface area contributed by atoms with Crippen LogP contribution in [0.15, 0.2) is 107 Å². The van der Waals surface area contributed by atoms with Crippen molar-refractivity contribution >= 4 is 56.0 Å². The second-order valence-corrected chi connectivity index (χ2v) is 8.11. The molecule has 0 unspecified atom stereocenters. The van der Waals surface area contributed by atoms with E-state index in [1.807, 2.05) is 0 Å². The lowest BCUT2D eigenvalue weighted by Crippen LogP contribution is -2.18. The molecule has 0 aliphatic carbocycles. The Balaban J connectivity index is 1.26. The molecule has 7 rings (SSSR count). The number of nitrogens with zero attached hydrogens (tertiary/aromatic N) is 2. The van der Waals surface area contributed by atoms with E-state index in [4.69, 9.17) is 9.98 Å². The van der Waals surface area contributed by atoms with Gasteiger partial charge in [0.15, 0.2) is 0 Å². The zero-order valence-electron chi connectivity index (χ0n) is 17.1. The lowest BCUT2D eigenvalue weighted by atomic mass is 10.0. The third-order valence-corrected chi connectivity index (χ3v) is 6.17. The Hall–Kier alpha value is -4.44. The fourth-order valence-corrected chi connectivity index (χ4v) is 4.65. The van der Waals surface area contributed by atoms with Gasteiger partial charge in [-0.1, -0.05) is 72.8 Å². The molecule has 0 bridgehead atoms. The van der Waals surface area contributed by atoms with Gasteiger partial charge in [0.1, 0.15) is 11.7 Å². The Morgan fingerprint density at radius 3 is 1.28 bits per heavy atom. The van der Waals surface area contributed by atoms with Gasteiger partial charge in [-0.15, -0.1) is 0 Å². The maximum absolute atomic E-state index is 4.89. The van der Waals surface area contributed by atoms with Crippen molar-refractivity contribution in [3.8, 4) is 0 Å². The highest BCUT2D eigenvalue weighted by molar-refractivity contribution is 6.21. The summed E-state index contributed by atoms with van der Waals surface area (Å²) < 4.78 is 0. The highest BCUT2D eigenvalue weighted by atomic mass is 15.0. The number of anilines is 2. The van der Waals surface area contributed by atoms with E-state index in [-0.39, 0.29) is 0 Å². The molecule has 0 spiro atoms. The molecule has 5 aromatic carbocycles. The normalized spacial score (nSPS) is 13.9. The number of benzene rings is 5. The van der Waals surface area contributed by atoms with Crippen molar-refractivity contribution in [1.29, 1.82) is 0 Å². The van der Waals surface area contributed by atoms with E-state index in [1.54, 1.807) is 0 Å². The smallest absolute Gasteiger partial charge is 0.138 e. The van der Waals surface area contributed by atoms with Crippen molar-refractivity contribution < 1.29 is 0 Å². The number of rotatable bonds is 2. The Labute approximate surface area is 185 Å². The molecule has 5 aromatic rings. The van der Waals surface area contributed by atoms with Gasteiger partial charge < -0.3 is 10.6 Å². The molecule has 0 saturated heterocycles. The summed E-state index contributed by atoms with van der Waals surface area (Å²) in [7, 11) is 0. The second-order valence-electron chi connectivity index (χ2n) is 8.11. The molecular formula is C28H18N4. The minimum Gasteiger partial charge on any atom is -0.339 e. The number of hydrogen-bond donors (Lipinski definition) is 2. The Kier molecular flexibility index (Phi) is 3.52. The molecule has 0 fully saturated rings. The second kappa shape index (κ2) is 6.53. The van der Waals surface area contributed by atoms with E-state index in [0.29, 0.717) is 0 Å². The predicted molar refractivity (Wildman–Crippen MR) is 134 cm³/mol. The van der Waals surface area contributed by atoms with Crippen molar-refractivity contribution in [2.45, 2.75) is 0 Å². The topological polar surface area (TPSA) is 48.8 Å². The van der Waals surface area contributed by atoms with E-state index >= 15 is 0 Å². The summed E-state index contributed by atoms with van der Waals surface area (Å²) >= 11 is 0. The van der Waals surface area contributed by atoms with Crippen LogP contribution in [0.25, 0.3) is 21.5 Å². The quantitative estimate of drug-likeness (QED) is 0.329. The average Bonchev–Trinajstić information content (AvgIpc) is 2.85. The molecule has 2 N–H and O–H groups in total. The lowest BCUT2D eigenvalue weighted by Gasteiger charge is -2.20. The monoisotopic (exact) mass is 410 g/mol. The first-order valence-corrected chi connectivity index (χ1v) is 10.7. The van der Waals surface area contributed by atoms with Gasteiger partial charge in [0.2, 0.25) is 0 Å². The van der Waals surface area contributed by atoms with Crippen molar-refractivity contribution in [1.82, 2.24) is 0 Å². The van der Waals surface area contributed by atoms with Crippen LogP contribution < -0.4 is 10.6 Å². The molecule has 32 heavy (non-hydrogen) atoms. The zero-order chi connectivity index (χ0) is 21.1. The third-order valence-electron chi connectivity index (χ3n) is 6.17. The van der Waals surface area contributed by atoms with Crippen LogP contribution in [0.5, 0.6) is 0 Å². The molecule has 2 aliphatic heterocycles. The molecule has 4 heteroatoms. The van der Waals surface area contributed by atoms with E-state index < -0.39 is 0 Å². The largest absolute Gasteiger partial charge is 0.339 e. The van der Waals surface area contributed by atoms with E-state index in [1.165, 1.54) is 21.5 Å². The zero-order valence-corrected chi connectivity index (χ0v) is 17.1. The number of nitrogens with one attached hydrogen (secondary N) is 2. The summed E-state index contributed by atoms with van der Waals surface area (Å²) in [4.78, 5) is 9.78. The summed E-state index contributed by atoms with van der Waals surface area (Å²) in [5.41, 5.74) is 6.27. The molecule has 2 aliphatic rings. The molecule has 0 radical (unpaired) electrons. The van der Waals surface area contributed by atoms with Gasteiger partial charge >= 0.3 is 0 Å². The van der Waals surface area contributed by atoms with Gasteiger partial charge in [0.25, 0.3) is 0 Å². The minimum absolute atomic E-state index is 0.858. The summed E-state index contributed by atoms with van der Waals surface area (Å²) in [5.74, 6) is 1.72. The maximum Gasteiger partial charge on any atom is 0.138 e. The Morgan fingerprint density at radius 1 is 0.438 bits per heavy atom. The molecule has 0 amide bonds. The molecule has 4 nitrogen and oxygen atoms in total. The van der Waals surface area contributed by atoms with Gasteiger partial charge in [-0.3, -0.25) is 0 Å². The molecule has 150 valence electrons. The molecule has 0 aromatic heterocycles. The number of hydrogen-bond acceptors (Lipinski definition) is 4. The first-order chi connectivity index (χ1) is 15.8. The molecule has 0 atom stereocenters. The van der Waals surface area contributed by atoms with Gasteiger partial charge in [-0.2, -0.15) is 0 Å². The van der Waals surface area contributed by atoms with Crippen LogP contribution in [0.3, 0.4) is 0 Å². The summed E-state index contributed by atoms with van der Waals surface area (Å²) in [5, 5.41) is 11.7. The first kappa shape index (κ1) is 17.3. The Bertz CT molecular complexity index is 1480. The van der Waals surface area contributed by atoms with Crippen molar-refractivity contribution in [2.24, 2.45) is 9.98 Å². The van der Waals surface area contributed by atoms with Gasteiger partial charge in [0.05, 0.1) is 11.4 Å². The fraction of sp³-hybridized carbons (Fsp3) is 0. The first-order valence-electron chi connectivity index (χ1n) is 10.7.